The number of hydrogen-bond acceptors (Lipinski definition) is 6. The van der Waals surface area contributed by atoms with Crippen LogP contribution in [0.2, 0.25) is 5.02 Å². The molecule has 0 fully saturated rings. The van der Waals surface area contributed by atoms with Gasteiger partial charge in [-0.3, -0.25) is 4.79 Å². The van der Waals surface area contributed by atoms with Crippen LogP contribution >= 0.6 is 23.2 Å². The maximum absolute atomic E-state index is 11.8. The van der Waals surface area contributed by atoms with Gasteiger partial charge in [-0.05, 0) is 35.9 Å². The molecule has 0 N–H and O–H groups in total. The molecule has 7 nitrogen and oxygen atoms in total. The summed E-state index contributed by atoms with van der Waals surface area (Å²) in [4.78, 5) is 12.5. The number of aryl methyl sites for hydroxylation is 1. The third kappa shape index (κ3) is 3.39. The lowest BCUT2D eigenvalue weighted by molar-refractivity contribution is 0.108. The lowest BCUT2D eigenvalue weighted by atomic mass is 10.1. The first-order chi connectivity index (χ1) is 9.70. The Bertz CT molecular complexity index is 817. The zero-order valence-electron chi connectivity index (χ0n) is 11.0. The predicted molar refractivity (Wildman–Crippen MR) is 76.4 cm³/mol. The highest BCUT2D eigenvalue weighted by Gasteiger charge is 2.21. The van der Waals surface area contributed by atoms with E-state index in [0.29, 0.717) is 5.82 Å². The molecule has 0 aliphatic heterocycles. The van der Waals surface area contributed by atoms with Gasteiger partial charge in [0, 0.05) is 11.8 Å². The molecule has 0 unspecified atom stereocenters. The number of hydrogen-bond donors (Lipinski definition) is 0. The largest absolute Gasteiger partial charge is 0.276 e. The number of tetrazole rings is 1. The summed E-state index contributed by atoms with van der Waals surface area (Å²) in [6, 6.07) is 2.56. The number of aromatic nitrogens is 4. The number of carbonyl (C=O) groups excluding carboxylic acids is 1. The molecule has 0 aliphatic rings. The van der Waals surface area contributed by atoms with Gasteiger partial charge in [0.2, 0.25) is 0 Å². The first kappa shape index (κ1) is 15.9. The Morgan fingerprint density at radius 1 is 1.38 bits per heavy atom. The average Bonchev–Trinajstić information content (AvgIpc) is 2.75. The molecule has 2 aromatic rings. The van der Waals surface area contributed by atoms with Crippen molar-refractivity contribution in [3.8, 4) is 0 Å². The fraction of sp³-hybridized carbons (Fsp3) is 0.273. The summed E-state index contributed by atoms with van der Waals surface area (Å²) < 4.78 is 23.7. The van der Waals surface area contributed by atoms with E-state index in [0.717, 1.165) is 6.26 Å². The molecule has 1 aromatic heterocycles. The molecule has 1 aromatic carbocycles. The van der Waals surface area contributed by atoms with Gasteiger partial charge in [0.05, 0.1) is 22.0 Å². The zero-order valence-corrected chi connectivity index (χ0v) is 13.4. The van der Waals surface area contributed by atoms with E-state index in [1.807, 2.05) is 0 Å². The number of nitrogens with zero attached hydrogens (tertiary/aromatic N) is 4. The highest BCUT2D eigenvalue weighted by atomic mass is 35.5. The summed E-state index contributed by atoms with van der Waals surface area (Å²) in [5.74, 6) is 0.427. The van der Waals surface area contributed by atoms with Crippen LogP contribution in [0.4, 0.5) is 0 Å². The molecule has 0 saturated heterocycles. The summed E-state index contributed by atoms with van der Waals surface area (Å²) in [6.45, 7) is 1.60. The van der Waals surface area contributed by atoms with Crippen molar-refractivity contribution in [3.05, 3.63) is 34.1 Å². The molecule has 2 rings (SSSR count). The Morgan fingerprint density at radius 3 is 2.52 bits per heavy atom. The Kier molecular flexibility index (Phi) is 4.31. The van der Waals surface area contributed by atoms with Gasteiger partial charge in [-0.25, -0.2) is 8.42 Å². The standard InChI is InChI=1S/C11H10Cl2N4O3S/c1-6-14-16-17(15-6)5-8-9(21(2,19)20)4-3-7(10(8)12)11(13)18/h3-4H,5H2,1-2H3. The second-order valence-electron chi connectivity index (χ2n) is 4.32. The Morgan fingerprint density at radius 2 is 2.05 bits per heavy atom. The van der Waals surface area contributed by atoms with Crippen molar-refractivity contribution in [2.75, 3.05) is 6.26 Å². The molecule has 21 heavy (non-hydrogen) atoms. The van der Waals surface area contributed by atoms with Crippen LogP contribution in [0.15, 0.2) is 17.0 Å². The van der Waals surface area contributed by atoms with Gasteiger partial charge >= 0.3 is 0 Å². The lowest BCUT2D eigenvalue weighted by Gasteiger charge is -2.11. The van der Waals surface area contributed by atoms with Gasteiger partial charge in [-0.2, -0.15) is 4.80 Å². The van der Waals surface area contributed by atoms with Crippen molar-refractivity contribution in [2.24, 2.45) is 0 Å². The molecule has 0 amide bonds. The zero-order chi connectivity index (χ0) is 15.8. The number of halogens is 2. The average molecular weight is 349 g/mol. The molecule has 0 atom stereocenters. The van der Waals surface area contributed by atoms with Crippen LogP contribution < -0.4 is 0 Å². The second kappa shape index (κ2) is 5.70. The minimum absolute atomic E-state index is 0.0101. The normalized spacial score (nSPS) is 11.6. The fourth-order valence-electron chi connectivity index (χ4n) is 1.78. The van der Waals surface area contributed by atoms with Gasteiger partial charge in [-0.15, -0.1) is 10.2 Å². The molecule has 0 radical (unpaired) electrons. The molecule has 0 bridgehead atoms. The van der Waals surface area contributed by atoms with Crippen molar-refractivity contribution in [2.45, 2.75) is 18.4 Å². The summed E-state index contributed by atoms with van der Waals surface area (Å²) in [7, 11) is -3.54. The quantitative estimate of drug-likeness (QED) is 0.776. The molecular formula is C11H10Cl2N4O3S. The van der Waals surface area contributed by atoms with E-state index in [9.17, 15) is 13.2 Å². The first-order valence-electron chi connectivity index (χ1n) is 5.66. The van der Waals surface area contributed by atoms with E-state index in [1.54, 1.807) is 6.92 Å². The van der Waals surface area contributed by atoms with E-state index >= 15 is 0 Å². The number of sulfone groups is 1. The van der Waals surface area contributed by atoms with Gasteiger partial charge < -0.3 is 0 Å². The molecule has 0 aliphatic carbocycles. The number of benzene rings is 1. The first-order valence-corrected chi connectivity index (χ1v) is 8.30. The Labute approximate surface area is 130 Å². The molecule has 0 spiro atoms. The Hall–Kier alpha value is -1.51. The molecule has 1 heterocycles. The highest BCUT2D eigenvalue weighted by molar-refractivity contribution is 7.90. The number of rotatable bonds is 4. The molecule has 10 heteroatoms. The monoisotopic (exact) mass is 348 g/mol. The van der Waals surface area contributed by atoms with Crippen LogP contribution in [-0.2, 0) is 16.4 Å². The van der Waals surface area contributed by atoms with Crippen molar-refractivity contribution >= 4 is 38.3 Å². The van der Waals surface area contributed by atoms with Gasteiger partial charge in [0.25, 0.3) is 5.24 Å². The SMILES string of the molecule is Cc1nnn(Cc2c(S(C)(=O)=O)ccc(C(=O)Cl)c2Cl)n1. The molecular weight excluding hydrogens is 339 g/mol. The van der Waals surface area contributed by atoms with Crippen LogP contribution in [0.3, 0.4) is 0 Å². The number of carbonyl (C=O) groups is 1. The maximum Gasteiger partial charge on any atom is 0.253 e. The van der Waals surface area contributed by atoms with Crippen molar-refractivity contribution in [3.63, 3.8) is 0 Å². The van der Waals surface area contributed by atoms with E-state index in [1.165, 1.54) is 16.9 Å². The third-order valence-corrected chi connectivity index (χ3v) is 4.48. The van der Waals surface area contributed by atoms with Crippen LogP contribution in [0.5, 0.6) is 0 Å². The fourth-order valence-corrected chi connectivity index (χ4v) is 3.28. The van der Waals surface area contributed by atoms with Crippen molar-refractivity contribution in [1.29, 1.82) is 0 Å². The minimum Gasteiger partial charge on any atom is -0.276 e. The van der Waals surface area contributed by atoms with Gasteiger partial charge in [0.1, 0.15) is 0 Å². The summed E-state index contributed by atoms with van der Waals surface area (Å²) in [5, 5.41) is 10.6. The second-order valence-corrected chi connectivity index (χ2v) is 7.02. The topological polar surface area (TPSA) is 94.8 Å². The maximum atomic E-state index is 11.8. The molecule has 112 valence electrons. The van der Waals surface area contributed by atoms with Gasteiger partial charge in [-0.1, -0.05) is 11.6 Å². The van der Waals surface area contributed by atoms with Crippen LogP contribution in [-0.4, -0.2) is 40.1 Å². The summed E-state index contributed by atoms with van der Waals surface area (Å²) in [5.41, 5.74) is 0.223. The van der Waals surface area contributed by atoms with E-state index in [-0.39, 0.29) is 27.6 Å². The van der Waals surface area contributed by atoms with Crippen LogP contribution in [0.1, 0.15) is 21.7 Å². The van der Waals surface area contributed by atoms with Crippen LogP contribution in [0, 0.1) is 6.92 Å². The summed E-state index contributed by atoms with van der Waals surface area (Å²) in [6.07, 6.45) is 1.05. The van der Waals surface area contributed by atoms with Crippen molar-refractivity contribution < 1.29 is 13.2 Å². The predicted octanol–water partition coefficient (Wildman–Crippen LogP) is 1.47. The van der Waals surface area contributed by atoms with Crippen LogP contribution in [0.25, 0.3) is 0 Å². The Balaban J connectivity index is 2.64. The lowest BCUT2D eigenvalue weighted by Crippen LogP contribution is -2.12. The van der Waals surface area contributed by atoms with E-state index in [2.05, 4.69) is 15.4 Å². The van der Waals surface area contributed by atoms with E-state index < -0.39 is 15.1 Å². The summed E-state index contributed by atoms with van der Waals surface area (Å²) >= 11 is 11.5. The van der Waals surface area contributed by atoms with E-state index in [4.69, 9.17) is 23.2 Å². The minimum atomic E-state index is -3.54. The smallest absolute Gasteiger partial charge is 0.253 e. The third-order valence-electron chi connectivity index (χ3n) is 2.66. The highest BCUT2D eigenvalue weighted by Crippen LogP contribution is 2.29. The van der Waals surface area contributed by atoms with Crippen molar-refractivity contribution in [1.82, 2.24) is 20.2 Å². The molecule has 0 saturated carbocycles. The van der Waals surface area contributed by atoms with Gasteiger partial charge in [0.15, 0.2) is 15.7 Å².